The Morgan fingerprint density at radius 2 is 1.92 bits per heavy atom. The third-order valence-corrected chi connectivity index (χ3v) is 4.77. The van der Waals surface area contributed by atoms with Crippen molar-refractivity contribution in [2.45, 2.75) is 11.3 Å². The van der Waals surface area contributed by atoms with Gasteiger partial charge in [-0.1, -0.05) is 5.92 Å². The van der Waals surface area contributed by atoms with E-state index in [0.29, 0.717) is 17.9 Å². The van der Waals surface area contributed by atoms with E-state index in [4.69, 9.17) is 5.11 Å². The van der Waals surface area contributed by atoms with E-state index in [9.17, 15) is 8.42 Å². The zero-order chi connectivity index (χ0) is 18.6. The molecule has 0 aliphatic heterocycles. The summed E-state index contributed by atoms with van der Waals surface area (Å²) in [6, 6.07) is 10.2. The summed E-state index contributed by atoms with van der Waals surface area (Å²) < 4.78 is 23.1. The number of hydrogen-bond donors (Lipinski definition) is 2. The molecule has 0 atom stereocenters. The molecule has 2 N–H and O–H groups in total. The van der Waals surface area contributed by atoms with Crippen LogP contribution in [-0.2, 0) is 9.84 Å². The van der Waals surface area contributed by atoms with Crippen LogP contribution in [-0.4, -0.2) is 36.4 Å². The fourth-order valence-corrected chi connectivity index (χ4v) is 3.00. The lowest BCUT2D eigenvalue weighted by molar-refractivity contribution is 0.305. The van der Waals surface area contributed by atoms with Gasteiger partial charge in [-0.05, 0) is 42.3 Å². The zero-order valence-electron chi connectivity index (χ0n) is 14.1. The maximum absolute atomic E-state index is 11.5. The Labute approximate surface area is 151 Å². The molecule has 7 heteroatoms. The van der Waals surface area contributed by atoms with Crippen molar-refractivity contribution >= 4 is 32.1 Å². The summed E-state index contributed by atoms with van der Waals surface area (Å²) in [5, 5.41) is 13.8. The van der Waals surface area contributed by atoms with E-state index in [1.807, 2.05) is 12.1 Å². The van der Waals surface area contributed by atoms with Crippen LogP contribution in [0.2, 0.25) is 0 Å². The smallest absolute Gasteiger partial charge is 0.175 e. The lowest BCUT2D eigenvalue weighted by atomic mass is 10.1. The number of sulfone groups is 1. The number of anilines is 2. The fraction of sp³-hybridized carbons (Fsp3) is 0.158. The number of aliphatic hydroxyl groups is 1. The van der Waals surface area contributed by atoms with Gasteiger partial charge in [0.1, 0.15) is 11.5 Å². The lowest BCUT2D eigenvalue weighted by Crippen LogP contribution is -1.98. The van der Waals surface area contributed by atoms with Crippen molar-refractivity contribution in [3.63, 3.8) is 0 Å². The molecule has 6 nitrogen and oxygen atoms in total. The van der Waals surface area contributed by atoms with Crippen molar-refractivity contribution in [2.75, 3.05) is 18.2 Å². The Hall–Kier alpha value is -2.95. The summed E-state index contributed by atoms with van der Waals surface area (Å²) in [6.07, 6.45) is 4.96. The fourth-order valence-electron chi connectivity index (χ4n) is 2.37. The standard InChI is InChI=1S/C19H17N3O3S/c1-26(24,25)16-7-5-15(6-8-16)22-19-12-17-14(13-21-19)9-10-20-18(17)4-2-3-11-23/h5-10,12-13,23H,3,11H2,1H3,(H,21,22). The van der Waals surface area contributed by atoms with Crippen LogP contribution in [0.15, 0.2) is 53.7 Å². The van der Waals surface area contributed by atoms with E-state index in [2.05, 4.69) is 27.1 Å². The summed E-state index contributed by atoms with van der Waals surface area (Å²) >= 11 is 0. The molecule has 0 saturated carbocycles. The molecular formula is C19H17N3O3S. The highest BCUT2D eigenvalue weighted by molar-refractivity contribution is 7.90. The van der Waals surface area contributed by atoms with Gasteiger partial charge in [0.15, 0.2) is 9.84 Å². The van der Waals surface area contributed by atoms with Crippen molar-refractivity contribution in [3.05, 3.63) is 54.5 Å². The summed E-state index contributed by atoms with van der Waals surface area (Å²) in [5.41, 5.74) is 1.34. The number of pyridine rings is 2. The minimum atomic E-state index is -3.22. The molecule has 2 heterocycles. The van der Waals surface area contributed by atoms with Crippen LogP contribution in [0.4, 0.5) is 11.5 Å². The molecule has 0 radical (unpaired) electrons. The van der Waals surface area contributed by atoms with E-state index < -0.39 is 9.84 Å². The van der Waals surface area contributed by atoms with Crippen LogP contribution in [0.3, 0.4) is 0 Å². The minimum absolute atomic E-state index is 0.00953. The molecule has 3 aromatic rings. The van der Waals surface area contributed by atoms with E-state index >= 15 is 0 Å². The first-order chi connectivity index (χ1) is 12.5. The number of hydrogen-bond acceptors (Lipinski definition) is 6. The molecule has 0 fully saturated rings. The predicted octanol–water partition coefficient (Wildman–Crippen LogP) is 2.51. The quantitative estimate of drug-likeness (QED) is 0.689. The molecule has 2 aromatic heterocycles. The van der Waals surface area contributed by atoms with E-state index in [1.165, 1.54) is 6.26 Å². The Kier molecular flexibility index (Phi) is 5.16. The van der Waals surface area contributed by atoms with Crippen molar-refractivity contribution in [3.8, 4) is 11.8 Å². The van der Waals surface area contributed by atoms with Gasteiger partial charge in [0.2, 0.25) is 0 Å². The number of nitrogens with one attached hydrogen (secondary N) is 1. The largest absolute Gasteiger partial charge is 0.395 e. The van der Waals surface area contributed by atoms with Crippen LogP contribution in [0.5, 0.6) is 0 Å². The van der Waals surface area contributed by atoms with Crippen LogP contribution >= 0.6 is 0 Å². The van der Waals surface area contributed by atoms with Gasteiger partial charge in [-0.25, -0.2) is 18.4 Å². The lowest BCUT2D eigenvalue weighted by Gasteiger charge is -2.08. The van der Waals surface area contributed by atoms with E-state index in [1.54, 1.807) is 36.7 Å². The molecule has 0 amide bonds. The highest BCUT2D eigenvalue weighted by atomic mass is 32.2. The van der Waals surface area contributed by atoms with Crippen LogP contribution in [0.1, 0.15) is 12.1 Å². The number of fused-ring (bicyclic) bond motifs is 1. The first kappa shape index (κ1) is 17.9. The van der Waals surface area contributed by atoms with Gasteiger partial charge in [-0.3, -0.25) is 0 Å². The Bertz CT molecular complexity index is 1100. The highest BCUT2D eigenvalue weighted by Gasteiger charge is 2.07. The van der Waals surface area contributed by atoms with Crippen LogP contribution in [0.25, 0.3) is 10.8 Å². The van der Waals surface area contributed by atoms with Gasteiger partial charge in [0, 0.05) is 41.5 Å². The van der Waals surface area contributed by atoms with Gasteiger partial charge in [-0.2, -0.15) is 0 Å². The number of nitrogens with zero attached hydrogens (tertiary/aromatic N) is 2. The topological polar surface area (TPSA) is 92.2 Å². The summed E-state index contributed by atoms with van der Waals surface area (Å²) in [6.45, 7) is 0.00953. The molecule has 0 bridgehead atoms. The van der Waals surface area contributed by atoms with Crippen molar-refractivity contribution < 1.29 is 13.5 Å². The van der Waals surface area contributed by atoms with Crippen molar-refractivity contribution in [2.24, 2.45) is 0 Å². The van der Waals surface area contributed by atoms with Gasteiger partial charge in [0.25, 0.3) is 0 Å². The molecule has 0 unspecified atom stereocenters. The number of rotatable bonds is 4. The first-order valence-electron chi connectivity index (χ1n) is 7.89. The van der Waals surface area contributed by atoms with Crippen LogP contribution in [0, 0.1) is 11.8 Å². The zero-order valence-corrected chi connectivity index (χ0v) is 14.9. The number of benzene rings is 1. The highest BCUT2D eigenvalue weighted by Crippen LogP contribution is 2.22. The van der Waals surface area contributed by atoms with Gasteiger partial charge >= 0.3 is 0 Å². The molecule has 132 valence electrons. The van der Waals surface area contributed by atoms with Crippen molar-refractivity contribution in [1.82, 2.24) is 9.97 Å². The molecule has 0 spiro atoms. The molecule has 3 rings (SSSR count). The van der Waals surface area contributed by atoms with E-state index in [-0.39, 0.29) is 11.5 Å². The van der Waals surface area contributed by atoms with Crippen LogP contribution < -0.4 is 5.32 Å². The third-order valence-electron chi connectivity index (χ3n) is 3.65. The Morgan fingerprint density at radius 3 is 2.62 bits per heavy atom. The molecule has 26 heavy (non-hydrogen) atoms. The van der Waals surface area contributed by atoms with Gasteiger partial charge in [-0.15, -0.1) is 0 Å². The normalized spacial score (nSPS) is 11.0. The van der Waals surface area contributed by atoms with Gasteiger partial charge < -0.3 is 10.4 Å². The number of aliphatic hydroxyl groups excluding tert-OH is 1. The van der Waals surface area contributed by atoms with Crippen molar-refractivity contribution in [1.29, 1.82) is 0 Å². The second-order valence-corrected chi connectivity index (χ2v) is 7.66. The first-order valence-corrected chi connectivity index (χ1v) is 9.78. The maximum atomic E-state index is 11.5. The van der Waals surface area contributed by atoms with E-state index in [0.717, 1.165) is 16.5 Å². The molecular weight excluding hydrogens is 350 g/mol. The summed E-state index contributed by atoms with van der Waals surface area (Å²) in [4.78, 5) is 8.92. The molecule has 1 aromatic carbocycles. The Balaban J connectivity index is 1.91. The predicted molar refractivity (Wildman–Crippen MR) is 101 cm³/mol. The molecule has 0 aliphatic rings. The monoisotopic (exact) mass is 367 g/mol. The Morgan fingerprint density at radius 1 is 1.15 bits per heavy atom. The molecule has 0 aliphatic carbocycles. The summed E-state index contributed by atoms with van der Waals surface area (Å²) in [5.74, 6) is 6.43. The second-order valence-electron chi connectivity index (χ2n) is 5.65. The minimum Gasteiger partial charge on any atom is -0.395 e. The number of aromatic nitrogens is 2. The van der Waals surface area contributed by atoms with Gasteiger partial charge in [0.05, 0.1) is 11.5 Å². The average Bonchev–Trinajstić information content (AvgIpc) is 2.62. The SMILES string of the molecule is CS(=O)(=O)c1ccc(Nc2cc3c(C#CCCO)nccc3cn2)cc1. The summed E-state index contributed by atoms with van der Waals surface area (Å²) in [7, 11) is -3.22. The second kappa shape index (κ2) is 7.52. The maximum Gasteiger partial charge on any atom is 0.175 e. The third kappa shape index (κ3) is 4.17. The average molecular weight is 367 g/mol. The molecule has 0 saturated heterocycles.